The standard InChI is InChI=1S/C15H15ClN2O2/c1-2-20-14-8-7-13(10-17-14)18-15(19)12-5-3-11(9-16)4-6-12/h3-8,10H,2,9H2,1H3,(H,18,19). The predicted molar refractivity (Wildman–Crippen MR) is 79.4 cm³/mol. The Labute approximate surface area is 122 Å². The van der Waals surface area contributed by atoms with Gasteiger partial charge >= 0.3 is 0 Å². The molecule has 20 heavy (non-hydrogen) atoms. The van der Waals surface area contributed by atoms with E-state index in [-0.39, 0.29) is 5.91 Å². The van der Waals surface area contributed by atoms with E-state index in [1.807, 2.05) is 19.1 Å². The third-order valence-corrected chi connectivity index (χ3v) is 2.97. The summed E-state index contributed by atoms with van der Waals surface area (Å²) in [5.74, 6) is 0.791. The number of nitrogens with zero attached hydrogens (tertiary/aromatic N) is 1. The molecule has 1 aromatic heterocycles. The second-order valence-electron chi connectivity index (χ2n) is 4.10. The van der Waals surface area contributed by atoms with Crippen LogP contribution < -0.4 is 10.1 Å². The van der Waals surface area contributed by atoms with E-state index < -0.39 is 0 Å². The van der Waals surface area contributed by atoms with Crippen LogP contribution in [0.3, 0.4) is 0 Å². The van der Waals surface area contributed by atoms with Crippen LogP contribution in [-0.2, 0) is 5.88 Å². The molecule has 1 aromatic carbocycles. The lowest BCUT2D eigenvalue weighted by Gasteiger charge is -2.06. The number of carbonyl (C=O) groups excluding carboxylic acids is 1. The number of aromatic nitrogens is 1. The van der Waals surface area contributed by atoms with Gasteiger partial charge in [-0.05, 0) is 30.7 Å². The summed E-state index contributed by atoms with van der Waals surface area (Å²) in [6.45, 7) is 2.45. The minimum atomic E-state index is -0.183. The van der Waals surface area contributed by atoms with Crippen molar-refractivity contribution in [2.24, 2.45) is 0 Å². The highest BCUT2D eigenvalue weighted by molar-refractivity contribution is 6.17. The number of alkyl halides is 1. The summed E-state index contributed by atoms with van der Waals surface area (Å²) < 4.78 is 5.24. The molecule has 0 radical (unpaired) electrons. The quantitative estimate of drug-likeness (QED) is 0.858. The lowest BCUT2D eigenvalue weighted by atomic mass is 10.1. The van der Waals surface area contributed by atoms with Gasteiger partial charge in [0.15, 0.2) is 0 Å². The molecule has 1 heterocycles. The topological polar surface area (TPSA) is 51.2 Å². The van der Waals surface area contributed by atoms with Gasteiger partial charge < -0.3 is 10.1 Å². The first-order chi connectivity index (χ1) is 9.72. The van der Waals surface area contributed by atoms with Gasteiger partial charge in [-0.2, -0.15) is 0 Å². The van der Waals surface area contributed by atoms with Crippen LogP contribution in [0.1, 0.15) is 22.8 Å². The number of amides is 1. The first-order valence-electron chi connectivity index (χ1n) is 6.28. The number of ether oxygens (including phenoxy) is 1. The molecule has 104 valence electrons. The van der Waals surface area contributed by atoms with Crippen LogP contribution in [0.15, 0.2) is 42.6 Å². The summed E-state index contributed by atoms with van der Waals surface area (Å²) in [5.41, 5.74) is 2.18. The maximum atomic E-state index is 12.0. The van der Waals surface area contributed by atoms with E-state index >= 15 is 0 Å². The van der Waals surface area contributed by atoms with Gasteiger partial charge in [-0.15, -0.1) is 11.6 Å². The fourth-order valence-corrected chi connectivity index (χ4v) is 1.81. The Morgan fingerprint density at radius 1 is 1.25 bits per heavy atom. The Bertz CT molecular complexity index is 567. The number of hydrogen-bond donors (Lipinski definition) is 1. The second kappa shape index (κ2) is 6.91. The van der Waals surface area contributed by atoms with E-state index in [1.54, 1.807) is 30.5 Å². The van der Waals surface area contributed by atoms with Crippen LogP contribution in [0.2, 0.25) is 0 Å². The monoisotopic (exact) mass is 290 g/mol. The summed E-state index contributed by atoms with van der Waals surface area (Å²) in [5, 5.41) is 2.78. The summed E-state index contributed by atoms with van der Waals surface area (Å²) in [7, 11) is 0. The van der Waals surface area contributed by atoms with Crippen LogP contribution >= 0.6 is 11.6 Å². The fourth-order valence-electron chi connectivity index (χ4n) is 1.64. The molecular weight excluding hydrogens is 276 g/mol. The number of nitrogens with one attached hydrogen (secondary N) is 1. The van der Waals surface area contributed by atoms with Gasteiger partial charge in [-0.1, -0.05) is 12.1 Å². The Morgan fingerprint density at radius 2 is 2.00 bits per heavy atom. The zero-order valence-corrected chi connectivity index (χ0v) is 11.9. The van der Waals surface area contributed by atoms with Crippen molar-refractivity contribution in [3.63, 3.8) is 0 Å². The van der Waals surface area contributed by atoms with Crippen LogP contribution in [0.4, 0.5) is 5.69 Å². The Kier molecular flexibility index (Phi) is 4.96. The highest BCUT2D eigenvalue weighted by Gasteiger charge is 2.06. The summed E-state index contributed by atoms with van der Waals surface area (Å²) in [6, 6.07) is 10.6. The molecule has 0 spiro atoms. The van der Waals surface area contributed by atoms with Gasteiger partial charge in [-0.3, -0.25) is 4.79 Å². The molecule has 2 rings (SSSR count). The SMILES string of the molecule is CCOc1ccc(NC(=O)c2ccc(CCl)cc2)cn1. The third-order valence-electron chi connectivity index (χ3n) is 2.66. The van der Waals surface area contributed by atoms with Crippen molar-refractivity contribution in [1.29, 1.82) is 0 Å². The Morgan fingerprint density at radius 3 is 2.55 bits per heavy atom. The lowest BCUT2D eigenvalue weighted by molar-refractivity contribution is 0.102. The molecule has 1 amide bonds. The van der Waals surface area contributed by atoms with Crippen LogP contribution in [-0.4, -0.2) is 17.5 Å². The number of halogens is 1. The molecule has 0 fully saturated rings. The zero-order valence-electron chi connectivity index (χ0n) is 11.1. The molecule has 0 saturated heterocycles. The van der Waals surface area contributed by atoms with E-state index in [2.05, 4.69) is 10.3 Å². The van der Waals surface area contributed by atoms with Gasteiger partial charge in [0.1, 0.15) is 0 Å². The maximum absolute atomic E-state index is 12.0. The van der Waals surface area contributed by atoms with Gasteiger partial charge in [0.2, 0.25) is 5.88 Å². The first-order valence-corrected chi connectivity index (χ1v) is 6.81. The van der Waals surface area contributed by atoms with E-state index in [4.69, 9.17) is 16.3 Å². The first kappa shape index (κ1) is 14.3. The normalized spacial score (nSPS) is 10.1. The number of benzene rings is 1. The zero-order chi connectivity index (χ0) is 14.4. The van der Waals surface area contributed by atoms with Gasteiger partial charge in [0, 0.05) is 17.5 Å². The van der Waals surface area contributed by atoms with Crippen molar-refractivity contribution >= 4 is 23.2 Å². The van der Waals surface area contributed by atoms with E-state index in [0.29, 0.717) is 29.6 Å². The van der Waals surface area contributed by atoms with Crippen molar-refractivity contribution in [2.75, 3.05) is 11.9 Å². The molecule has 4 nitrogen and oxygen atoms in total. The molecule has 2 aromatic rings. The van der Waals surface area contributed by atoms with Crippen LogP contribution in [0, 0.1) is 0 Å². The highest BCUT2D eigenvalue weighted by atomic mass is 35.5. The minimum absolute atomic E-state index is 0.183. The smallest absolute Gasteiger partial charge is 0.255 e. The highest BCUT2D eigenvalue weighted by Crippen LogP contribution is 2.13. The predicted octanol–water partition coefficient (Wildman–Crippen LogP) is 3.47. The lowest BCUT2D eigenvalue weighted by Crippen LogP contribution is -2.12. The van der Waals surface area contributed by atoms with Crippen LogP contribution in [0.25, 0.3) is 0 Å². The number of carbonyl (C=O) groups is 1. The van der Waals surface area contributed by atoms with Gasteiger partial charge in [0.25, 0.3) is 5.91 Å². The number of rotatable bonds is 5. The van der Waals surface area contributed by atoms with Crippen LogP contribution in [0.5, 0.6) is 5.88 Å². The molecule has 0 aliphatic carbocycles. The van der Waals surface area contributed by atoms with Crippen molar-refractivity contribution in [1.82, 2.24) is 4.98 Å². The molecule has 0 bridgehead atoms. The Balaban J connectivity index is 2.02. The third kappa shape index (κ3) is 3.71. The van der Waals surface area contributed by atoms with Crippen molar-refractivity contribution in [3.8, 4) is 5.88 Å². The van der Waals surface area contributed by atoms with Gasteiger partial charge in [-0.25, -0.2) is 4.98 Å². The Hall–Kier alpha value is -2.07. The molecule has 0 unspecified atom stereocenters. The molecule has 0 atom stereocenters. The molecular formula is C15H15ClN2O2. The molecule has 0 saturated carbocycles. The molecule has 0 aliphatic rings. The summed E-state index contributed by atoms with van der Waals surface area (Å²) >= 11 is 5.71. The average molecular weight is 291 g/mol. The summed E-state index contributed by atoms with van der Waals surface area (Å²) in [4.78, 5) is 16.1. The molecule has 0 aliphatic heterocycles. The van der Waals surface area contributed by atoms with Crippen molar-refractivity contribution in [2.45, 2.75) is 12.8 Å². The minimum Gasteiger partial charge on any atom is -0.478 e. The molecule has 5 heteroatoms. The number of anilines is 1. The van der Waals surface area contributed by atoms with Gasteiger partial charge in [0.05, 0.1) is 18.5 Å². The van der Waals surface area contributed by atoms with Crippen molar-refractivity contribution < 1.29 is 9.53 Å². The van der Waals surface area contributed by atoms with E-state index in [0.717, 1.165) is 5.56 Å². The van der Waals surface area contributed by atoms with E-state index in [9.17, 15) is 4.79 Å². The summed E-state index contributed by atoms with van der Waals surface area (Å²) in [6.07, 6.45) is 1.57. The fraction of sp³-hybridized carbons (Fsp3) is 0.200. The average Bonchev–Trinajstić information content (AvgIpc) is 2.49. The largest absolute Gasteiger partial charge is 0.478 e. The van der Waals surface area contributed by atoms with Crippen molar-refractivity contribution in [3.05, 3.63) is 53.7 Å². The second-order valence-corrected chi connectivity index (χ2v) is 4.37. The number of pyridine rings is 1. The number of hydrogen-bond acceptors (Lipinski definition) is 3. The maximum Gasteiger partial charge on any atom is 0.255 e. The molecule has 1 N–H and O–H groups in total. The van der Waals surface area contributed by atoms with E-state index in [1.165, 1.54) is 0 Å².